The number of anilines is 1. The molecule has 2 aromatic rings. The average molecular weight is 311 g/mol. The molecule has 20 heavy (non-hydrogen) atoms. The Morgan fingerprint density at radius 1 is 1.25 bits per heavy atom. The fraction of sp³-hybridized carbons (Fsp3) is 0.154. The van der Waals surface area contributed by atoms with Gasteiger partial charge in [0.05, 0.1) is 0 Å². The summed E-state index contributed by atoms with van der Waals surface area (Å²) in [6, 6.07) is 6.53. The van der Waals surface area contributed by atoms with Gasteiger partial charge in [-0.05, 0) is 30.2 Å². The van der Waals surface area contributed by atoms with Gasteiger partial charge in [0.2, 0.25) is 0 Å². The summed E-state index contributed by atoms with van der Waals surface area (Å²) >= 11 is 11.5. The smallest absolute Gasteiger partial charge is 0.319 e. The summed E-state index contributed by atoms with van der Waals surface area (Å²) in [5.74, 6) is 0. The van der Waals surface area contributed by atoms with Gasteiger partial charge in [0, 0.05) is 24.6 Å². The van der Waals surface area contributed by atoms with Gasteiger partial charge in [-0.2, -0.15) is 0 Å². The van der Waals surface area contributed by atoms with Crippen LogP contribution in [-0.2, 0) is 6.42 Å². The topological polar surface area (TPSA) is 66.9 Å². The molecule has 0 saturated carbocycles. The van der Waals surface area contributed by atoms with Crippen LogP contribution in [0.4, 0.5) is 10.5 Å². The number of carbonyl (C=O) groups is 1. The first-order valence-corrected chi connectivity index (χ1v) is 6.66. The fourth-order valence-corrected chi connectivity index (χ4v) is 2.04. The quantitative estimate of drug-likeness (QED) is 0.852. The molecule has 2 rings (SSSR count). The summed E-state index contributed by atoms with van der Waals surface area (Å²) in [5, 5.41) is 5.82. The molecule has 5 nitrogen and oxygen atoms in total. The molecule has 0 aliphatic carbocycles. The van der Waals surface area contributed by atoms with Gasteiger partial charge in [-0.15, -0.1) is 0 Å². The minimum atomic E-state index is -0.327. The van der Waals surface area contributed by atoms with E-state index in [1.165, 1.54) is 12.1 Å². The van der Waals surface area contributed by atoms with Gasteiger partial charge >= 0.3 is 6.03 Å². The first-order chi connectivity index (χ1) is 9.63. The van der Waals surface area contributed by atoms with E-state index in [1.54, 1.807) is 12.4 Å². The molecule has 0 aliphatic rings. The van der Waals surface area contributed by atoms with Crippen molar-refractivity contribution in [2.45, 2.75) is 6.42 Å². The lowest BCUT2D eigenvalue weighted by molar-refractivity contribution is 0.252. The number of hydrogen-bond acceptors (Lipinski definition) is 3. The average Bonchev–Trinajstić information content (AvgIpc) is 2.38. The van der Waals surface area contributed by atoms with Gasteiger partial charge in [-0.25, -0.2) is 9.78 Å². The van der Waals surface area contributed by atoms with Crippen molar-refractivity contribution in [2.24, 2.45) is 0 Å². The number of pyridine rings is 2. The van der Waals surface area contributed by atoms with Crippen molar-refractivity contribution in [2.75, 3.05) is 11.9 Å². The number of carbonyl (C=O) groups excluding carboxylic acids is 1. The van der Waals surface area contributed by atoms with E-state index < -0.39 is 0 Å². The predicted octanol–water partition coefficient (Wildman–Crippen LogP) is 3.15. The monoisotopic (exact) mass is 310 g/mol. The minimum Gasteiger partial charge on any atom is -0.338 e. The van der Waals surface area contributed by atoms with E-state index in [4.69, 9.17) is 23.2 Å². The summed E-state index contributed by atoms with van der Waals surface area (Å²) in [5.41, 5.74) is 1.55. The highest BCUT2D eigenvalue weighted by Crippen LogP contribution is 2.18. The number of urea groups is 1. The molecule has 0 aliphatic heterocycles. The van der Waals surface area contributed by atoms with Gasteiger partial charge in [-0.1, -0.05) is 29.3 Å². The van der Waals surface area contributed by atoms with Crippen LogP contribution < -0.4 is 10.6 Å². The van der Waals surface area contributed by atoms with Gasteiger partial charge < -0.3 is 10.6 Å². The Morgan fingerprint density at radius 2 is 2.00 bits per heavy atom. The van der Waals surface area contributed by atoms with Crippen molar-refractivity contribution in [3.8, 4) is 0 Å². The third-order valence-corrected chi connectivity index (χ3v) is 2.83. The molecule has 0 unspecified atom stereocenters. The zero-order valence-corrected chi connectivity index (χ0v) is 11.9. The molecule has 2 N–H and O–H groups in total. The highest BCUT2D eigenvalue weighted by atomic mass is 35.5. The van der Waals surface area contributed by atoms with Crippen molar-refractivity contribution in [1.82, 2.24) is 15.3 Å². The summed E-state index contributed by atoms with van der Waals surface area (Å²) in [7, 11) is 0. The lowest BCUT2D eigenvalue weighted by Crippen LogP contribution is -2.30. The number of rotatable bonds is 4. The van der Waals surface area contributed by atoms with E-state index in [-0.39, 0.29) is 16.3 Å². The van der Waals surface area contributed by atoms with Crippen LogP contribution in [-0.4, -0.2) is 22.5 Å². The Bertz CT molecular complexity index is 572. The van der Waals surface area contributed by atoms with E-state index in [1.807, 2.05) is 12.1 Å². The number of hydrogen-bond donors (Lipinski definition) is 2. The molecular formula is C13H12Cl2N4O. The molecule has 0 radical (unpaired) electrons. The second-order valence-electron chi connectivity index (χ2n) is 3.99. The standard InChI is InChI=1S/C13H12Cl2N4O/c14-11-6-10(7-12(15)19-11)18-13(20)17-5-3-9-2-1-4-16-8-9/h1-2,4,6-8H,3,5H2,(H2,17,18,19,20). The van der Waals surface area contributed by atoms with Crippen molar-refractivity contribution in [1.29, 1.82) is 0 Å². The van der Waals surface area contributed by atoms with E-state index in [0.717, 1.165) is 5.56 Å². The maximum absolute atomic E-state index is 11.7. The highest BCUT2D eigenvalue weighted by Gasteiger charge is 2.04. The first kappa shape index (κ1) is 14.6. The molecule has 0 atom stereocenters. The summed E-state index contributed by atoms with van der Waals surface area (Å²) in [6.45, 7) is 0.504. The molecule has 0 aromatic carbocycles. The zero-order valence-electron chi connectivity index (χ0n) is 10.4. The van der Waals surface area contributed by atoms with Crippen molar-refractivity contribution in [3.63, 3.8) is 0 Å². The van der Waals surface area contributed by atoms with E-state index in [0.29, 0.717) is 18.7 Å². The van der Waals surface area contributed by atoms with Crippen LogP contribution in [0.2, 0.25) is 10.3 Å². The predicted molar refractivity (Wildman–Crippen MR) is 79.2 cm³/mol. The molecule has 2 aromatic heterocycles. The number of halogens is 2. The molecular weight excluding hydrogens is 299 g/mol. The number of amides is 2. The first-order valence-electron chi connectivity index (χ1n) is 5.90. The van der Waals surface area contributed by atoms with Crippen LogP contribution in [0.5, 0.6) is 0 Å². The third-order valence-electron chi connectivity index (χ3n) is 2.44. The Kier molecular flexibility index (Phi) is 5.15. The molecule has 7 heteroatoms. The van der Waals surface area contributed by atoms with Crippen LogP contribution >= 0.6 is 23.2 Å². The zero-order chi connectivity index (χ0) is 14.4. The van der Waals surface area contributed by atoms with Crippen LogP contribution in [0.15, 0.2) is 36.7 Å². The second-order valence-corrected chi connectivity index (χ2v) is 4.77. The maximum atomic E-state index is 11.7. The van der Waals surface area contributed by atoms with Gasteiger partial charge in [-0.3, -0.25) is 4.98 Å². The Hall–Kier alpha value is -1.85. The van der Waals surface area contributed by atoms with E-state index in [2.05, 4.69) is 20.6 Å². The molecule has 104 valence electrons. The molecule has 0 bridgehead atoms. The highest BCUT2D eigenvalue weighted by molar-refractivity contribution is 6.32. The van der Waals surface area contributed by atoms with E-state index in [9.17, 15) is 4.79 Å². The fourth-order valence-electron chi connectivity index (χ4n) is 1.58. The van der Waals surface area contributed by atoms with Crippen LogP contribution in [0.3, 0.4) is 0 Å². The van der Waals surface area contributed by atoms with Crippen LogP contribution in [0.25, 0.3) is 0 Å². The largest absolute Gasteiger partial charge is 0.338 e. The van der Waals surface area contributed by atoms with Gasteiger partial charge in [0.15, 0.2) is 0 Å². The van der Waals surface area contributed by atoms with Crippen LogP contribution in [0.1, 0.15) is 5.56 Å². The van der Waals surface area contributed by atoms with Crippen molar-refractivity contribution < 1.29 is 4.79 Å². The minimum absolute atomic E-state index is 0.225. The lowest BCUT2D eigenvalue weighted by Gasteiger charge is -2.08. The SMILES string of the molecule is O=C(NCCc1cccnc1)Nc1cc(Cl)nc(Cl)c1. The Labute approximate surface area is 126 Å². The normalized spacial score (nSPS) is 10.1. The molecule has 2 amide bonds. The number of nitrogens with one attached hydrogen (secondary N) is 2. The lowest BCUT2D eigenvalue weighted by atomic mass is 10.2. The van der Waals surface area contributed by atoms with E-state index >= 15 is 0 Å². The Morgan fingerprint density at radius 3 is 2.65 bits per heavy atom. The second kappa shape index (κ2) is 7.07. The number of aromatic nitrogens is 2. The molecule has 0 saturated heterocycles. The van der Waals surface area contributed by atoms with Crippen molar-refractivity contribution >= 4 is 34.9 Å². The Balaban J connectivity index is 1.81. The molecule has 0 fully saturated rings. The maximum Gasteiger partial charge on any atom is 0.319 e. The summed E-state index contributed by atoms with van der Waals surface area (Å²) in [4.78, 5) is 19.5. The molecule has 2 heterocycles. The van der Waals surface area contributed by atoms with Gasteiger partial charge in [0.25, 0.3) is 0 Å². The van der Waals surface area contributed by atoms with Crippen molar-refractivity contribution in [3.05, 3.63) is 52.5 Å². The van der Waals surface area contributed by atoms with Crippen LogP contribution in [0, 0.1) is 0 Å². The molecule has 0 spiro atoms. The third kappa shape index (κ3) is 4.68. The number of nitrogens with zero attached hydrogens (tertiary/aromatic N) is 2. The summed E-state index contributed by atoms with van der Waals surface area (Å²) < 4.78 is 0. The summed E-state index contributed by atoms with van der Waals surface area (Å²) in [6.07, 6.45) is 4.18. The van der Waals surface area contributed by atoms with Gasteiger partial charge in [0.1, 0.15) is 10.3 Å².